The van der Waals surface area contributed by atoms with E-state index in [-0.39, 0.29) is 6.04 Å². The summed E-state index contributed by atoms with van der Waals surface area (Å²) >= 11 is 0. The predicted molar refractivity (Wildman–Crippen MR) is 86.2 cm³/mol. The van der Waals surface area contributed by atoms with E-state index in [4.69, 9.17) is 10.7 Å². The molecule has 1 unspecified atom stereocenters. The molecular weight excluding hydrogens is 256 g/mol. The first-order valence-corrected chi connectivity index (χ1v) is 7.52. The molecule has 21 heavy (non-hydrogen) atoms. The molecule has 0 saturated heterocycles. The third kappa shape index (κ3) is 2.22. The molecule has 1 aliphatic carbocycles. The maximum absolute atomic E-state index is 6.17. The van der Waals surface area contributed by atoms with E-state index in [0.717, 1.165) is 30.5 Å². The van der Waals surface area contributed by atoms with Crippen molar-refractivity contribution in [2.24, 2.45) is 5.73 Å². The normalized spacial score (nSPS) is 17.1. The Kier molecular flexibility index (Phi) is 2.97. The van der Waals surface area contributed by atoms with Crippen LogP contribution in [0.3, 0.4) is 0 Å². The third-order valence-corrected chi connectivity index (χ3v) is 4.44. The van der Waals surface area contributed by atoms with Crippen LogP contribution in [0, 0.1) is 0 Å². The van der Waals surface area contributed by atoms with Crippen molar-refractivity contribution < 1.29 is 0 Å². The zero-order chi connectivity index (χ0) is 14.2. The third-order valence-electron chi connectivity index (χ3n) is 4.44. The van der Waals surface area contributed by atoms with Crippen molar-refractivity contribution in [2.75, 3.05) is 0 Å². The van der Waals surface area contributed by atoms with Gasteiger partial charge in [-0.2, -0.15) is 0 Å². The lowest BCUT2D eigenvalue weighted by Gasteiger charge is -2.10. The van der Waals surface area contributed by atoms with Gasteiger partial charge in [0.25, 0.3) is 0 Å². The monoisotopic (exact) mass is 274 g/mol. The van der Waals surface area contributed by atoms with Crippen LogP contribution in [0.25, 0.3) is 10.9 Å². The highest BCUT2D eigenvalue weighted by Crippen LogP contribution is 2.32. The van der Waals surface area contributed by atoms with Crippen molar-refractivity contribution in [1.82, 2.24) is 4.98 Å². The van der Waals surface area contributed by atoms with Crippen LogP contribution < -0.4 is 5.73 Å². The molecule has 2 nitrogen and oxygen atoms in total. The minimum Gasteiger partial charge on any atom is -0.324 e. The quantitative estimate of drug-likeness (QED) is 0.772. The molecule has 0 spiro atoms. The maximum Gasteiger partial charge on any atom is 0.0705 e. The number of benzene rings is 2. The largest absolute Gasteiger partial charge is 0.324 e. The van der Waals surface area contributed by atoms with Gasteiger partial charge in [0.15, 0.2) is 0 Å². The van der Waals surface area contributed by atoms with Crippen molar-refractivity contribution in [3.63, 3.8) is 0 Å². The smallest absolute Gasteiger partial charge is 0.0705 e. The molecule has 0 aliphatic heterocycles. The zero-order valence-corrected chi connectivity index (χ0v) is 11.9. The fourth-order valence-electron chi connectivity index (χ4n) is 3.33. The number of aromatic nitrogens is 1. The molecule has 1 heterocycles. The molecule has 1 atom stereocenters. The Morgan fingerprint density at radius 1 is 1.00 bits per heavy atom. The van der Waals surface area contributed by atoms with Gasteiger partial charge in [-0.3, -0.25) is 4.98 Å². The molecule has 0 amide bonds. The summed E-state index contributed by atoms with van der Waals surface area (Å²) in [5.41, 5.74) is 12.5. The summed E-state index contributed by atoms with van der Waals surface area (Å²) in [6, 6.07) is 19.3. The predicted octanol–water partition coefficient (Wildman–Crippen LogP) is 3.77. The van der Waals surface area contributed by atoms with Crippen LogP contribution in [0.1, 0.15) is 34.8 Å². The SMILES string of the molecule is NC1CCc2c(Cc3ccc4ccccc4n3)cccc21. The summed E-state index contributed by atoms with van der Waals surface area (Å²) in [6.07, 6.45) is 3.05. The molecule has 104 valence electrons. The van der Waals surface area contributed by atoms with Crippen LogP contribution in [0.4, 0.5) is 0 Å². The fourth-order valence-corrected chi connectivity index (χ4v) is 3.33. The Labute approximate surface area is 124 Å². The summed E-state index contributed by atoms with van der Waals surface area (Å²) < 4.78 is 0. The number of para-hydroxylation sites is 1. The number of hydrogen-bond acceptors (Lipinski definition) is 2. The van der Waals surface area contributed by atoms with Crippen LogP contribution in [0.2, 0.25) is 0 Å². The Morgan fingerprint density at radius 3 is 2.86 bits per heavy atom. The second-order valence-electron chi connectivity index (χ2n) is 5.80. The topological polar surface area (TPSA) is 38.9 Å². The van der Waals surface area contributed by atoms with E-state index in [0.29, 0.717) is 0 Å². The summed E-state index contributed by atoms with van der Waals surface area (Å²) in [5, 5.41) is 1.20. The molecule has 3 aromatic rings. The number of fused-ring (bicyclic) bond motifs is 2. The number of hydrogen-bond donors (Lipinski definition) is 1. The number of nitrogens with zero attached hydrogens (tertiary/aromatic N) is 1. The Morgan fingerprint density at radius 2 is 1.90 bits per heavy atom. The number of pyridine rings is 1. The number of nitrogens with two attached hydrogens (primary N) is 1. The van der Waals surface area contributed by atoms with E-state index in [2.05, 4.69) is 48.5 Å². The second-order valence-corrected chi connectivity index (χ2v) is 5.80. The van der Waals surface area contributed by atoms with Gasteiger partial charge in [-0.25, -0.2) is 0 Å². The molecule has 2 N–H and O–H groups in total. The molecule has 1 aromatic heterocycles. The Bertz CT molecular complexity index is 808. The van der Waals surface area contributed by atoms with Crippen LogP contribution >= 0.6 is 0 Å². The average Bonchev–Trinajstić information content (AvgIpc) is 2.90. The lowest BCUT2D eigenvalue weighted by atomic mass is 9.98. The van der Waals surface area contributed by atoms with E-state index < -0.39 is 0 Å². The molecule has 2 aromatic carbocycles. The zero-order valence-electron chi connectivity index (χ0n) is 11.9. The summed E-state index contributed by atoms with van der Waals surface area (Å²) in [6.45, 7) is 0. The number of rotatable bonds is 2. The van der Waals surface area contributed by atoms with E-state index in [9.17, 15) is 0 Å². The summed E-state index contributed by atoms with van der Waals surface area (Å²) in [5.74, 6) is 0. The summed E-state index contributed by atoms with van der Waals surface area (Å²) in [7, 11) is 0. The van der Waals surface area contributed by atoms with Gasteiger partial charge in [0.05, 0.1) is 5.52 Å². The highest BCUT2D eigenvalue weighted by Gasteiger charge is 2.21. The molecule has 1 aliphatic rings. The van der Waals surface area contributed by atoms with Gasteiger partial charge in [0, 0.05) is 23.5 Å². The standard InChI is InChI=1S/C19H18N2/c20-18-11-10-16-14(5-3-6-17(16)18)12-15-9-8-13-4-1-2-7-19(13)21-15/h1-9,18H,10-12,20H2. The van der Waals surface area contributed by atoms with Crippen molar-refractivity contribution in [1.29, 1.82) is 0 Å². The van der Waals surface area contributed by atoms with Crippen LogP contribution in [0.15, 0.2) is 54.6 Å². The highest BCUT2D eigenvalue weighted by molar-refractivity contribution is 5.78. The van der Waals surface area contributed by atoms with Crippen LogP contribution in [-0.4, -0.2) is 4.98 Å². The second kappa shape index (κ2) is 4.97. The van der Waals surface area contributed by atoms with Gasteiger partial charge in [0.2, 0.25) is 0 Å². The Balaban J connectivity index is 1.72. The van der Waals surface area contributed by atoms with E-state index in [1.165, 1.54) is 22.1 Å². The lowest BCUT2D eigenvalue weighted by molar-refractivity contribution is 0.713. The minimum atomic E-state index is 0.213. The van der Waals surface area contributed by atoms with Gasteiger partial charge in [-0.15, -0.1) is 0 Å². The fraction of sp³-hybridized carbons (Fsp3) is 0.211. The first kappa shape index (κ1) is 12.5. The first-order chi connectivity index (χ1) is 10.3. The van der Waals surface area contributed by atoms with Gasteiger partial charge in [0.1, 0.15) is 0 Å². The van der Waals surface area contributed by atoms with Crippen molar-refractivity contribution >= 4 is 10.9 Å². The van der Waals surface area contributed by atoms with Crippen molar-refractivity contribution in [2.45, 2.75) is 25.3 Å². The molecule has 2 heteroatoms. The van der Waals surface area contributed by atoms with Gasteiger partial charge in [-0.05, 0) is 41.7 Å². The van der Waals surface area contributed by atoms with Gasteiger partial charge >= 0.3 is 0 Å². The molecular formula is C19H18N2. The van der Waals surface area contributed by atoms with Crippen LogP contribution in [0.5, 0.6) is 0 Å². The molecule has 0 fully saturated rings. The molecule has 4 rings (SSSR count). The van der Waals surface area contributed by atoms with Gasteiger partial charge in [-0.1, -0.05) is 42.5 Å². The van der Waals surface area contributed by atoms with E-state index in [1.54, 1.807) is 0 Å². The molecule has 0 saturated carbocycles. The Hall–Kier alpha value is -2.19. The van der Waals surface area contributed by atoms with Crippen molar-refractivity contribution in [3.8, 4) is 0 Å². The lowest BCUT2D eigenvalue weighted by Crippen LogP contribution is -2.05. The first-order valence-electron chi connectivity index (χ1n) is 7.52. The van der Waals surface area contributed by atoms with Gasteiger partial charge < -0.3 is 5.73 Å². The molecule has 0 bridgehead atoms. The van der Waals surface area contributed by atoms with E-state index in [1.807, 2.05) is 6.07 Å². The van der Waals surface area contributed by atoms with Crippen molar-refractivity contribution in [3.05, 3.63) is 77.0 Å². The van der Waals surface area contributed by atoms with E-state index >= 15 is 0 Å². The minimum absolute atomic E-state index is 0.213. The highest BCUT2D eigenvalue weighted by atomic mass is 14.7. The average molecular weight is 274 g/mol. The summed E-state index contributed by atoms with van der Waals surface area (Å²) in [4.78, 5) is 4.78. The maximum atomic E-state index is 6.17. The molecule has 0 radical (unpaired) electrons. The van der Waals surface area contributed by atoms with Crippen LogP contribution in [-0.2, 0) is 12.8 Å².